The van der Waals surface area contributed by atoms with Gasteiger partial charge in [0.2, 0.25) is 0 Å². The number of nitrogens with one attached hydrogen (secondary N) is 1. The number of hydrogen-bond acceptors (Lipinski definition) is 5. The molecule has 0 bridgehead atoms. The molecule has 2 heterocycles. The van der Waals surface area contributed by atoms with E-state index < -0.39 is 11.8 Å². The Balaban J connectivity index is 2.15. The summed E-state index contributed by atoms with van der Waals surface area (Å²) in [5, 5.41) is 10.7. The molecule has 1 aromatic carbocycles. The number of aromatic nitrogens is 4. The van der Waals surface area contributed by atoms with Crippen LogP contribution in [0.15, 0.2) is 30.5 Å². The average Bonchev–Trinajstić information content (AvgIpc) is 2.96. The molecule has 7 heteroatoms. The lowest BCUT2D eigenvalue weighted by atomic mass is 10.1. The van der Waals surface area contributed by atoms with Crippen molar-refractivity contribution in [3.05, 3.63) is 42.0 Å². The van der Waals surface area contributed by atoms with Crippen LogP contribution >= 0.6 is 0 Å². The van der Waals surface area contributed by atoms with Crippen LogP contribution in [0.4, 0.5) is 4.39 Å². The van der Waals surface area contributed by atoms with Crippen molar-refractivity contribution in [3.63, 3.8) is 0 Å². The number of pyridine rings is 1. The van der Waals surface area contributed by atoms with Crippen LogP contribution in [0.25, 0.3) is 22.2 Å². The average molecular weight is 286 g/mol. The maximum absolute atomic E-state index is 14.2. The molecule has 0 amide bonds. The number of nitrogens with zero attached hydrogens (tertiary/aromatic N) is 3. The molecule has 3 aromatic rings. The molecule has 0 aliphatic rings. The number of rotatable bonds is 3. The van der Waals surface area contributed by atoms with Crippen LogP contribution in [0.5, 0.6) is 0 Å². The topological polar surface area (TPSA) is 80.8 Å². The zero-order chi connectivity index (χ0) is 14.8. The van der Waals surface area contributed by atoms with Gasteiger partial charge in [-0.25, -0.2) is 9.18 Å². The van der Waals surface area contributed by atoms with E-state index in [0.29, 0.717) is 5.52 Å². The first-order valence-corrected chi connectivity index (χ1v) is 6.33. The first-order valence-electron chi connectivity index (χ1n) is 6.33. The van der Waals surface area contributed by atoms with Crippen molar-refractivity contribution in [2.75, 3.05) is 6.61 Å². The Morgan fingerprint density at radius 3 is 3.05 bits per heavy atom. The second-order valence-corrected chi connectivity index (χ2v) is 4.27. The lowest BCUT2D eigenvalue weighted by Gasteiger charge is -2.04. The number of fused-ring (bicyclic) bond motifs is 1. The zero-order valence-corrected chi connectivity index (χ0v) is 11.1. The normalized spacial score (nSPS) is 10.8. The SMILES string of the molecule is CCOC(=O)c1n[nH]nc1-c1cc2cccnc2cc1F. The predicted molar refractivity (Wildman–Crippen MR) is 73.0 cm³/mol. The van der Waals surface area contributed by atoms with E-state index in [-0.39, 0.29) is 23.6 Å². The van der Waals surface area contributed by atoms with Gasteiger partial charge in [0.25, 0.3) is 0 Å². The number of H-pyrrole nitrogens is 1. The first-order chi connectivity index (χ1) is 10.2. The Hall–Kier alpha value is -2.83. The van der Waals surface area contributed by atoms with E-state index in [9.17, 15) is 9.18 Å². The van der Waals surface area contributed by atoms with Crippen LogP contribution in [0, 0.1) is 5.82 Å². The summed E-state index contributed by atoms with van der Waals surface area (Å²) in [7, 11) is 0. The summed E-state index contributed by atoms with van der Waals surface area (Å²) in [6.07, 6.45) is 1.58. The van der Waals surface area contributed by atoms with Crippen molar-refractivity contribution in [3.8, 4) is 11.3 Å². The largest absolute Gasteiger partial charge is 0.461 e. The maximum Gasteiger partial charge on any atom is 0.361 e. The van der Waals surface area contributed by atoms with E-state index in [2.05, 4.69) is 20.4 Å². The molecule has 2 aromatic heterocycles. The molecule has 0 aliphatic heterocycles. The summed E-state index contributed by atoms with van der Waals surface area (Å²) in [6, 6.07) is 6.43. The van der Waals surface area contributed by atoms with E-state index in [0.717, 1.165) is 5.39 Å². The monoisotopic (exact) mass is 286 g/mol. The van der Waals surface area contributed by atoms with Gasteiger partial charge in [0.1, 0.15) is 11.5 Å². The van der Waals surface area contributed by atoms with Crippen LogP contribution < -0.4 is 0 Å². The van der Waals surface area contributed by atoms with Gasteiger partial charge >= 0.3 is 5.97 Å². The summed E-state index contributed by atoms with van der Waals surface area (Å²) >= 11 is 0. The van der Waals surface area contributed by atoms with Gasteiger partial charge in [-0.3, -0.25) is 4.98 Å². The minimum Gasteiger partial charge on any atom is -0.461 e. The Morgan fingerprint density at radius 1 is 1.38 bits per heavy atom. The Kier molecular flexibility index (Phi) is 3.31. The predicted octanol–water partition coefficient (Wildman–Crippen LogP) is 2.34. The van der Waals surface area contributed by atoms with Crippen LogP contribution in [0.1, 0.15) is 17.4 Å². The molecule has 0 unspecified atom stereocenters. The van der Waals surface area contributed by atoms with Crippen molar-refractivity contribution < 1.29 is 13.9 Å². The van der Waals surface area contributed by atoms with Gasteiger partial charge in [-0.05, 0) is 19.1 Å². The maximum atomic E-state index is 14.2. The number of benzene rings is 1. The number of halogens is 1. The highest BCUT2D eigenvalue weighted by Gasteiger charge is 2.21. The third-order valence-electron chi connectivity index (χ3n) is 2.96. The third-order valence-corrected chi connectivity index (χ3v) is 2.96. The molecule has 1 N–H and O–H groups in total. The van der Waals surface area contributed by atoms with Crippen molar-refractivity contribution in [1.29, 1.82) is 0 Å². The van der Waals surface area contributed by atoms with Gasteiger partial charge in [-0.2, -0.15) is 10.3 Å². The number of carbonyl (C=O) groups excluding carboxylic acids is 1. The Bertz CT molecular complexity index is 816. The second kappa shape index (κ2) is 5.28. The molecule has 0 aliphatic carbocycles. The van der Waals surface area contributed by atoms with Gasteiger partial charge in [0, 0.05) is 23.2 Å². The van der Waals surface area contributed by atoms with Crippen LogP contribution in [0.3, 0.4) is 0 Å². The number of ether oxygens (including phenoxy) is 1. The number of carbonyl (C=O) groups is 1. The van der Waals surface area contributed by atoms with E-state index in [1.165, 1.54) is 6.07 Å². The highest BCUT2D eigenvalue weighted by molar-refractivity contribution is 5.95. The van der Waals surface area contributed by atoms with Gasteiger partial charge < -0.3 is 4.74 Å². The third kappa shape index (κ3) is 2.33. The fourth-order valence-corrected chi connectivity index (χ4v) is 2.04. The highest BCUT2D eigenvalue weighted by Crippen LogP contribution is 2.27. The molecule has 0 atom stereocenters. The molecule has 0 radical (unpaired) electrons. The fraction of sp³-hybridized carbons (Fsp3) is 0.143. The summed E-state index contributed by atoms with van der Waals surface area (Å²) in [5.41, 5.74) is 0.780. The summed E-state index contributed by atoms with van der Waals surface area (Å²) in [6.45, 7) is 1.88. The first kappa shape index (κ1) is 13.2. The number of aromatic amines is 1. The van der Waals surface area contributed by atoms with E-state index in [1.807, 2.05) is 0 Å². The van der Waals surface area contributed by atoms with Crippen molar-refractivity contribution in [2.24, 2.45) is 0 Å². The van der Waals surface area contributed by atoms with Crippen molar-refractivity contribution in [2.45, 2.75) is 6.92 Å². The molecule has 0 saturated carbocycles. The molecule has 106 valence electrons. The molecule has 0 spiro atoms. The van der Waals surface area contributed by atoms with Crippen molar-refractivity contribution >= 4 is 16.9 Å². The smallest absolute Gasteiger partial charge is 0.361 e. The fourth-order valence-electron chi connectivity index (χ4n) is 2.04. The van der Waals surface area contributed by atoms with E-state index >= 15 is 0 Å². The molecule has 0 fully saturated rings. The summed E-state index contributed by atoms with van der Waals surface area (Å²) < 4.78 is 19.1. The van der Waals surface area contributed by atoms with Crippen LogP contribution in [0.2, 0.25) is 0 Å². The lowest BCUT2D eigenvalue weighted by molar-refractivity contribution is 0.0520. The Labute approximate surface area is 119 Å². The molecule has 6 nitrogen and oxygen atoms in total. The quantitative estimate of drug-likeness (QED) is 0.747. The summed E-state index contributed by atoms with van der Waals surface area (Å²) in [4.78, 5) is 15.9. The molecular formula is C14H11FN4O2. The van der Waals surface area contributed by atoms with Crippen LogP contribution in [-0.2, 0) is 4.74 Å². The molecule has 3 rings (SSSR count). The molecular weight excluding hydrogens is 275 g/mol. The Morgan fingerprint density at radius 2 is 2.24 bits per heavy atom. The molecule has 21 heavy (non-hydrogen) atoms. The number of hydrogen-bond donors (Lipinski definition) is 1. The minimum atomic E-state index is -0.646. The highest BCUT2D eigenvalue weighted by atomic mass is 19.1. The lowest BCUT2D eigenvalue weighted by Crippen LogP contribution is -2.07. The standard InChI is InChI=1S/C14H11FN4O2/c1-2-21-14(20)13-12(17-19-18-13)9-6-8-4-3-5-16-11(8)7-10(9)15/h3-7H,2H2,1H3,(H,17,18,19). The number of esters is 1. The minimum absolute atomic E-state index is 0.0426. The van der Waals surface area contributed by atoms with E-state index in [1.54, 1.807) is 31.3 Å². The van der Waals surface area contributed by atoms with Gasteiger partial charge in [0.15, 0.2) is 5.69 Å². The summed E-state index contributed by atoms with van der Waals surface area (Å²) in [5.74, 6) is -1.17. The zero-order valence-electron chi connectivity index (χ0n) is 11.1. The van der Waals surface area contributed by atoms with Gasteiger partial charge in [0.05, 0.1) is 12.1 Å². The van der Waals surface area contributed by atoms with Gasteiger partial charge in [-0.15, -0.1) is 5.10 Å². The van der Waals surface area contributed by atoms with E-state index in [4.69, 9.17) is 4.74 Å². The second-order valence-electron chi connectivity index (χ2n) is 4.27. The van der Waals surface area contributed by atoms with Crippen molar-refractivity contribution in [1.82, 2.24) is 20.4 Å². The van der Waals surface area contributed by atoms with Gasteiger partial charge in [-0.1, -0.05) is 6.07 Å². The van der Waals surface area contributed by atoms with Crippen LogP contribution in [-0.4, -0.2) is 33.0 Å². The molecule has 0 saturated heterocycles.